The summed E-state index contributed by atoms with van der Waals surface area (Å²) in [6, 6.07) is 10.8. The highest BCUT2D eigenvalue weighted by Gasteiger charge is 2.30. The van der Waals surface area contributed by atoms with Crippen molar-refractivity contribution >= 4 is 34.7 Å². The summed E-state index contributed by atoms with van der Waals surface area (Å²) in [4.78, 5) is 27.1. The van der Waals surface area contributed by atoms with E-state index in [1.54, 1.807) is 30.5 Å². The Labute approximate surface area is 216 Å². The second-order valence-electron chi connectivity index (χ2n) is 9.03. The third-order valence-electron chi connectivity index (χ3n) is 5.86. The van der Waals surface area contributed by atoms with Crippen molar-refractivity contribution in [3.63, 3.8) is 0 Å². The number of nitrogens with zero attached hydrogens (tertiary/aromatic N) is 3. The number of alkyl halides is 3. The number of rotatable bonds is 5. The van der Waals surface area contributed by atoms with Crippen LogP contribution in [0.1, 0.15) is 25.0 Å². The van der Waals surface area contributed by atoms with Crippen molar-refractivity contribution in [3.05, 3.63) is 81.2 Å². The first kappa shape index (κ1) is 26.5. The maximum Gasteiger partial charge on any atom is 0.416 e. The Hall–Kier alpha value is -3.57. The van der Waals surface area contributed by atoms with E-state index in [-0.39, 0.29) is 29.3 Å². The van der Waals surface area contributed by atoms with Crippen LogP contribution in [0.25, 0.3) is 0 Å². The van der Waals surface area contributed by atoms with Gasteiger partial charge in [-0.3, -0.25) is 4.79 Å². The Balaban J connectivity index is 1.39. The number of halogens is 4. The van der Waals surface area contributed by atoms with Crippen LogP contribution in [0.5, 0.6) is 0 Å². The van der Waals surface area contributed by atoms with Gasteiger partial charge in [-0.1, -0.05) is 29.8 Å². The molecule has 2 atom stereocenters. The summed E-state index contributed by atoms with van der Waals surface area (Å²) in [6.45, 7) is 5.73. The number of carbonyl (C=O) groups excluding carboxylic acids is 1. The second kappa shape index (κ2) is 10.8. The average molecular weight is 535 g/mol. The van der Waals surface area contributed by atoms with E-state index in [4.69, 9.17) is 11.6 Å². The summed E-state index contributed by atoms with van der Waals surface area (Å²) in [6.07, 6.45) is -2.91. The number of aromatic nitrogens is 2. The molecule has 4 rings (SSSR count). The molecule has 3 aromatic rings. The largest absolute Gasteiger partial charge is 0.416 e. The summed E-state index contributed by atoms with van der Waals surface area (Å²) in [5.41, 5.74) is 0.522. The van der Waals surface area contributed by atoms with Crippen LogP contribution in [-0.2, 0) is 12.7 Å². The quantitative estimate of drug-likeness (QED) is 0.438. The lowest BCUT2D eigenvalue weighted by Gasteiger charge is -2.37. The molecule has 0 radical (unpaired) electrons. The third-order valence-corrected chi connectivity index (χ3v) is 6.21. The highest BCUT2D eigenvalue weighted by molar-refractivity contribution is 6.33. The van der Waals surface area contributed by atoms with Crippen LogP contribution in [0.2, 0.25) is 5.02 Å². The molecule has 1 aliphatic rings. The summed E-state index contributed by atoms with van der Waals surface area (Å²) in [5.74, 6) is 0. The van der Waals surface area contributed by atoms with Gasteiger partial charge in [-0.05, 0) is 49.7 Å². The molecule has 2 aromatic carbocycles. The first-order valence-electron chi connectivity index (χ1n) is 11.6. The minimum absolute atomic E-state index is 0.0134. The molecule has 1 aliphatic heterocycles. The van der Waals surface area contributed by atoms with Gasteiger partial charge < -0.3 is 20.9 Å². The fourth-order valence-corrected chi connectivity index (χ4v) is 4.51. The lowest BCUT2D eigenvalue weighted by atomic mass is 10.1. The minimum atomic E-state index is -4.51. The molecule has 1 aromatic heterocycles. The van der Waals surface area contributed by atoms with Gasteiger partial charge in [0.2, 0.25) is 0 Å². The van der Waals surface area contributed by atoms with Crippen molar-refractivity contribution in [1.29, 1.82) is 0 Å². The highest BCUT2D eigenvalue weighted by Crippen LogP contribution is 2.30. The number of urea groups is 1. The minimum Gasteiger partial charge on any atom is -0.366 e. The van der Waals surface area contributed by atoms with Crippen LogP contribution >= 0.6 is 11.6 Å². The monoisotopic (exact) mass is 534 g/mol. The predicted molar refractivity (Wildman–Crippen MR) is 137 cm³/mol. The zero-order valence-electron chi connectivity index (χ0n) is 20.1. The van der Waals surface area contributed by atoms with E-state index in [1.165, 1.54) is 16.8 Å². The number of carbonyl (C=O) groups is 1. The van der Waals surface area contributed by atoms with Gasteiger partial charge in [0.25, 0.3) is 5.56 Å². The molecule has 1 saturated heterocycles. The van der Waals surface area contributed by atoms with Gasteiger partial charge in [0.15, 0.2) is 0 Å². The van der Waals surface area contributed by atoms with Gasteiger partial charge in [0.1, 0.15) is 5.02 Å². The smallest absolute Gasteiger partial charge is 0.366 e. The number of anilines is 3. The van der Waals surface area contributed by atoms with Crippen molar-refractivity contribution < 1.29 is 18.0 Å². The molecule has 0 spiro atoms. The van der Waals surface area contributed by atoms with Gasteiger partial charge in [0.05, 0.1) is 24.0 Å². The number of amides is 2. The van der Waals surface area contributed by atoms with Crippen LogP contribution in [0.4, 0.5) is 35.0 Å². The standard InChI is InChI=1S/C25H26ClF3N6O2/c1-15-12-34(13-16(2)31-15)21-11-30-35(23(36)22(21)26)14-17-6-8-19(9-7-17)32-24(37)33-20-5-3-4-18(10-20)25(27,28)29/h3-11,15-16,31H,12-14H2,1-2H3,(H2,32,33,37)/t15-,16+. The first-order chi connectivity index (χ1) is 17.5. The Bertz CT molecular complexity index is 1320. The summed E-state index contributed by atoms with van der Waals surface area (Å²) >= 11 is 6.42. The molecular formula is C25H26ClF3N6O2. The van der Waals surface area contributed by atoms with E-state index in [0.717, 1.165) is 17.7 Å². The van der Waals surface area contributed by atoms with E-state index in [0.29, 0.717) is 24.5 Å². The van der Waals surface area contributed by atoms with Crippen molar-refractivity contribution in [2.75, 3.05) is 28.6 Å². The number of hydrogen-bond donors (Lipinski definition) is 3. The lowest BCUT2D eigenvalue weighted by Crippen LogP contribution is -2.54. The van der Waals surface area contributed by atoms with E-state index in [2.05, 4.69) is 39.8 Å². The van der Waals surface area contributed by atoms with E-state index >= 15 is 0 Å². The van der Waals surface area contributed by atoms with Crippen molar-refractivity contribution in [2.45, 2.75) is 38.7 Å². The predicted octanol–water partition coefficient (Wildman–Crippen LogP) is 4.79. The van der Waals surface area contributed by atoms with Gasteiger partial charge in [-0.15, -0.1) is 0 Å². The Kier molecular flexibility index (Phi) is 7.74. The molecule has 0 aliphatic carbocycles. The molecule has 0 bridgehead atoms. The summed E-state index contributed by atoms with van der Waals surface area (Å²) < 4.78 is 39.8. The molecule has 12 heteroatoms. The molecule has 8 nitrogen and oxygen atoms in total. The maximum absolute atomic E-state index is 12.9. The Morgan fingerprint density at radius 1 is 1.08 bits per heavy atom. The topological polar surface area (TPSA) is 91.3 Å². The highest BCUT2D eigenvalue weighted by atomic mass is 35.5. The van der Waals surface area contributed by atoms with Crippen molar-refractivity contribution in [3.8, 4) is 0 Å². The van der Waals surface area contributed by atoms with Crippen LogP contribution in [0.3, 0.4) is 0 Å². The van der Waals surface area contributed by atoms with Crippen molar-refractivity contribution in [1.82, 2.24) is 15.1 Å². The molecule has 196 valence electrons. The number of nitrogens with one attached hydrogen (secondary N) is 3. The van der Waals surface area contributed by atoms with Crippen molar-refractivity contribution in [2.24, 2.45) is 0 Å². The zero-order valence-corrected chi connectivity index (χ0v) is 20.9. The number of piperazine rings is 1. The molecule has 0 saturated carbocycles. The second-order valence-corrected chi connectivity index (χ2v) is 9.41. The first-order valence-corrected chi connectivity index (χ1v) is 12.0. The normalized spacial score (nSPS) is 17.9. The van der Waals surface area contributed by atoms with Gasteiger partial charge >= 0.3 is 12.2 Å². The number of hydrogen-bond acceptors (Lipinski definition) is 5. The molecule has 1 fully saturated rings. The molecular weight excluding hydrogens is 509 g/mol. The summed E-state index contributed by atoms with van der Waals surface area (Å²) in [5, 5.41) is 12.8. The number of benzene rings is 2. The van der Waals surface area contributed by atoms with Gasteiger partial charge in [-0.25, -0.2) is 9.48 Å². The van der Waals surface area contributed by atoms with Crippen LogP contribution < -0.4 is 26.4 Å². The van der Waals surface area contributed by atoms with Crippen LogP contribution in [0.15, 0.2) is 59.5 Å². The van der Waals surface area contributed by atoms with E-state index in [9.17, 15) is 22.8 Å². The SMILES string of the molecule is C[C@@H]1CN(c2cnn(Cc3ccc(NC(=O)Nc4cccc(C(F)(F)F)c4)cc3)c(=O)c2Cl)C[C@H](C)N1. The fourth-order valence-electron chi connectivity index (χ4n) is 4.25. The Morgan fingerprint density at radius 2 is 1.73 bits per heavy atom. The molecule has 2 heterocycles. The molecule has 3 N–H and O–H groups in total. The lowest BCUT2D eigenvalue weighted by molar-refractivity contribution is -0.137. The van der Waals surface area contributed by atoms with E-state index in [1.807, 2.05) is 0 Å². The molecule has 2 amide bonds. The van der Waals surface area contributed by atoms with Gasteiger partial charge in [0, 0.05) is 36.5 Å². The maximum atomic E-state index is 12.9. The Morgan fingerprint density at radius 3 is 2.38 bits per heavy atom. The van der Waals surface area contributed by atoms with Gasteiger partial charge in [-0.2, -0.15) is 18.3 Å². The van der Waals surface area contributed by atoms with E-state index < -0.39 is 23.3 Å². The fraction of sp³-hybridized carbons (Fsp3) is 0.320. The van der Waals surface area contributed by atoms with Crippen LogP contribution in [-0.4, -0.2) is 41.0 Å². The third kappa shape index (κ3) is 6.60. The summed E-state index contributed by atoms with van der Waals surface area (Å²) in [7, 11) is 0. The van der Waals surface area contributed by atoms with Crippen LogP contribution in [0, 0.1) is 0 Å². The molecule has 0 unspecified atom stereocenters. The molecule has 37 heavy (non-hydrogen) atoms. The average Bonchev–Trinajstić information content (AvgIpc) is 2.82. The zero-order chi connectivity index (χ0) is 26.7.